The van der Waals surface area contributed by atoms with E-state index in [1.807, 2.05) is 6.07 Å². The minimum absolute atomic E-state index is 0.530. The van der Waals surface area contributed by atoms with Gasteiger partial charge in [-0.1, -0.05) is 19.1 Å². The number of aryl methyl sites for hydroxylation is 1. The van der Waals surface area contributed by atoms with Crippen LogP contribution in [-0.4, -0.2) is 19.7 Å². The zero-order valence-corrected chi connectivity index (χ0v) is 10.1. The van der Waals surface area contributed by atoms with Crippen LogP contribution in [-0.2, 0) is 6.42 Å². The highest BCUT2D eigenvalue weighted by Crippen LogP contribution is 2.19. The predicted octanol–water partition coefficient (Wildman–Crippen LogP) is 2.54. The molecule has 1 rings (SSSR count). The van der Waals surface area contributed by atoms with E-state index in [-0.39, 0.29) is 0 Å². The Morgan fingerprint density at radius 2 is 2.13 bits per heavy atom. The van der Waals surface area contributed by atoms with E-state index in [1.54, 1.807) is 7.11 Å². The van der Waals surface area contributed by atoms with Gasteiger partial charge < -0.3 is 10.1 Å². The average molecular weight is 207 g/mol. The van der Waals surface area contributed by atoms with Gasteiger partial charge in [0.15, 0.2) is 0 Å². The Bertz CT molecular complexity index is 309. The summed E-state index contributed by atoms with van der Waals surface area (Å²) in [6.45, 7) is 7.45. The highest BCUT2D eigenvalue weighted by molar-refractivity contribution is 5.36. The lowest BCUT2D eigenvalue weighted by Crippen LogP contribution is -2.27. The maximum Gasteiger partial charge on any atom is 0.121 e. The predicted molar refractivity (Wildman–Crippen MR) is 64.6 cm³/mol. The number of rotatable bonds is 5. The highest BCUT2D eigenvalue weighted by Gasteiger charge is 2.04. The molecule has 0 aliphatic carbocycles. The summed E-state index contributed by atoms with van der Waals surface area (Å²) in [6, 6.07) is 6.91. The van der Waals surface area contributed by atoms with Gasteiger partial charge in [0, 0.05) is 6.04 Å². The van der Waals surface area contributed by atoms with E-state index in [0.29, 0.717) is 6.04 Å². The molecule has 15 heavy (non-hydrogen) atoms. The fourth-order valence-corrected chi connectivity index (χ4v) is 1.84. The summed E-state index contributed by atoms with van der Waals surface area (Å²) in [5.41, 5.74) is 2.57. The van der Waals surface area contributed by atoms with Crippen LogP contribution in [0.5, 0.6) is 5.75 Å². The van der Waals surface area contributed by atoms with E-state index < -0.39 is 0 Å². The molecular weight excluding hydrogens is 186 g/mol. The number of methoxy groups -OCH3 is 1. The van der Waals surface area contributed by atoms with Crippen LogP contribution < -0.4 is 10.1 Å². The Hall–Kier alpha value is -1.02. The van der Waals surface area contributed by atoms with Gasteiger partial charge >= 0.3 is 0 Å². The third-order valence-corrected chi connectivity index (χ3v) is 2.55. The van der Waals surface area contributed by atoms with Gasteiger partial charge in [-0.15, -0.1) is 0 Å². The van der Waals surface area contributed by atoms with Crippen molar-refractivity contribution in [2.45, 2.75) is 33.2 Å². The molecule has 2 heteroatoms. The van der Waals surface area contributed by atoms with Gasteiger partial charge in [-0.25, -0.2) is 0 Å². The van der Waals surface area contributed by atoms with Crippen LogP contribution in [0.3, 0.4) is 0 Å². The number of hydrogen-bond acceptors (Lipinski definition) is 2. The second kappa shape index (κ2) is 5.76. The molecule has 0 aliphatic rings. The monoisotopic (exact) mass is 207 g/mol. The molecule has 0 spiro atoms. The molecule has 0 radical (unpaired) electrons. The van der Waals surface area contributed by atoms with Crippen molar-refractivity contribution in [1.29, 1.82) is 0 Å². The Balaban J connectivity index is 2.66. The second-order valence-corrected chi connectivity index (χ2v) is 3.97. The summed E-state index contributed by atoms with van der Waals surface area (Å²) in [6.07, 6.45) is 1.07. The van der Waals surface area contributed by atoms with Crippen LogP contribution in [0.4, 0.5) is 0 Å². The SMILES string of the molecule is CCNC(C)Cc1ccc(OC)c(C)c1. The number of nitrogens with one attached hydrogen (secondary N) is 1. The summed E-state index contributed by atoms with van der Waals surface area (Å²) in [5, 5.41) is 3.41. The topological polar surface area (TPSA) is 21.3 Å². The van der Waals surface area contributed by atoms with E-state index in [0.717, 1.165) is 18.7 Å². The minimum Gasteiger partial charge on any atom is -0.496 e. The lowest BCUT2D eigenvalue weighted by molar-refractivity contribution is 0.411. The Morgan fingerprint density at radius 3 is 2.67 bits per heavy atom. The molecule has 1 unspecified atom stereocenters. The van der Waals surface area contributed by atoms with Crippen molar-refractivity contribution in [3.05, 3.63) is 29.3 Å². The molecule has 1 aromatic carbocycles. The molecule has 0 amide bonds. The van der Waals surface area contributed by atoms with E-state index in [1.165, 1.54) is 11.1 Å². The summed E-state index contributed by atoms with van der Waals surface area (Å²) in [5.74, 6) is 0.967. The third kappa shape index (κ3) is 3.56. The molecule has 2 nitrogen and oxygen atoms in total. The highest BCUT2D eigenvalue weighted by atomic mass is 16.5. The first kappa shape index (κ1) is 12.1. The van der Waals surface area contributed by atoms with E-state index >= 15 is 0 Å². The largest absolute Gasteiger partial charge is 0.496 e. The summed E-state index contributed by atoms with van der Waals surface area (Å²) >= 11 is 0. The van der Waals surface area contributed by atoms with Crippen molar-refractivity contribution in [2.24, 2.45) is 0 Å². The molecule has 0 fully saturated rings. The van der Waals surface area contributed by atoms with Gasteiger partial charge in [0.25, 0.3) is 0 Å². The van der Waals surface area contributed by atoms with Crippen molar-refractivity contribution in [1.82, 2.24) is 5.32 Å². The van der Waals surface area contributed by atoms with Crippen LogP contribution in [0.15, 0.2) is 18.2 Å². The molecule has 0 saturated heterocycles. The maximum atomic E-state index is 5.24. The van der Waals surface area contributed by atoms with Crippen molar-refractivity contribution in [2.75, 3.05) is 13.7 Å². The normalized spacial score (nSPS) is 12.5. The number of ether oxygens (including phenoxy) is 1. The van der Waals surface area contributed by atoms with Crippen LogP contribution in [0, 0.1) is 6.92 Å². The van der Waals surface area contributed by atoms with Gasteiger partial charge in [0.2, 0.25) is 0 Å². The minimum atomic E-state index is 0.530. The standard InChI is InChI=1S/C13H21NO/c1-5-14-11(3)9-12-6-7-13(15-4)10(2)8-12/h6-8,11,14H,5,9H2,1-4H3. The van der Waals surface area contributed by atoms with Gasteiger partial charge in [0.05, 0.1) is 7.11 Å². The van der Waals surface area contributed by atoms with Crippen molar-refractivity contribution < 1.29 is 4.74 Å². The molecule has 0 aromatic heterocycles. The van der Waals surface area contributed by atoms with Gasteiger partial charge in [-0.3, -0.25) is 0 Å². The molecule has 0 saturated carbocycles. The van der Waals surface area contributed by atoms with Gasteiger partial charge in [0.1, 0.15) is 5.75 Å². The van der Waals surface area contributed by atoms with Gasteiger partial charge in [-0.05, 0) is 44.0 Å². The molecular formula is C13H21NO. The number of hydrogen-bond donors (Lipinski definition) is 1. The molecule has 84 valence electrons. The zero-order chi connectivity index (χ0) is 11.3. The molecule has 0 aliphatic heterocycles. The maximum absolute atomic E-state index is 5.24. The van der Waals surface area contributed by atoms with Crippen LogP contribution in [0.2, 0.25) is 0 Å². The van der Waals surface area contributed by atoms with Crippen molar-refractivity contribution in [3.63, 3.8) is 0 Å². The van der Waals surface area contributed by atoms with E-state index in [4.69, 9.17) is 4.74 Å². The second-order valence-electron chi connectivity index (χ2n) is 3.97. The molecule has 0 heterocycles. The lowest BCUT2D eigenvalue weighted by atomic mass is 10.0. The summed E-state index contributed by atoms with van der Waals surface area (Å²) in [7, 11) is 1.71. The Kier molecular flexibility index (Phi) is 4.63. The van der Waals surface area contributed by atoms with Crippen molar-refractivity contribution in [3.8, 4) is 5.75 Å². The van der Waals surface area contributed by atoms with E-state index in [2.05, 4.69) is 38.2 Å². The third-order valence-electron chi connectivity index (χ3n) is 2.55. The average Bonchev–Trinajstić information content (AvgIpc) is 2.18. The molecule has 1 aromatic rings. The van der Waals surface area contributed by atoms with E-state index in [9.17, 15) is 0 Å². The first-order valence-electron chi connectivity index (χ1n) is 5.54. The summed E-state index contributed by atoms with van der Waals surface area (Å²) < 4.78 is 5.24. The number of benzene rings is 1. The Labute approximate surface area is 92.6 Å². The fourth-order valence-electron chi connectivity index (χ4n) is 1.84. The van der Waals surface area contributed by atoms with Gasteiger partial charge in [-0.2, -0.15) is 0 Å². The van der Waals surface area contributed by atoms with Crippen LogP contribution in [0.25, 0.3) is 0 Å². The fraction of sp³-hybridized carbons (Fsp3) is 0.538. The first-order chi connectivity index (χ1) is 7.17. The smallest absolute Gasteiger partial charge is 0.121 e. The molecule has 1 atom stereocenters. The van der Waals surface area contributed by atoms with Crippen LogP contribution >= 0.6 is 0 Å². The zero-order valence-electron chi connectivity index (χ0n) is 10.1. The lowest BCUT2D eigenvalue weighted by Gasteiger charge is -2.13. The molecule has 1 N–H and O–H groups in total. The Morgan fingerprint density at radius 1 is 1.40 bits per heavy atom. The number of likely N-dealkylation sites (N-methyl/N-ethyl adjacent to an activating group) is 1. The summed E-state index contributed by atoms with van der Waals surface area (Å²) in [4.78, 5) is 0. The van der Waals surface area contributed by atoms with Crippen molar-refractivity contribution >= 4 is 0 Å². The molecule has 0 bridgehead atoms. The van der Waals surface area contributed by atoms with Crippen LogP contribution in [0.1, 0.15) is 25.0 Å². The quantitative estimate of drug-likeness (QED) is 0.801. The first-order valence-corrected chi connectivity index (χ1v) is 5.54.